The average molecular weight is 387 g/mol. The molecule has 9 heteroatoms. The second-order valence-corrected chi connectivity index (χ2v) is 7.38. The third kappa shape index (κ3) is 4.08. The van der Waals surface area contributed by atoms with Gasteiger partial charge in [-0.25, -0.2) is 4.39 Å². The lowest BCUT2D eigenvalue weighted by atomic mass is 9.89. The molecule has 1 unspecified atom stereocenters. The van der Waals surface area contributed by atoms with Crippen molar-refractivity contribution in [3.63, 3.8) is 0 Å². The van der Waals surface area contributed by atoms with Gasteiger partial charge in [-0.1, -0.05) is 11.8 Å². The molecule has 0 saturated heterocycles. The van der Waals surface area contributed by atoms with Gasteiger partial charge in [-0.05, 0) is 49.2 Å². The fourth-order valence-electron chi connectivity index (χ4n) is 2.84. The van der Waals surface area contributed by atoms with E-state index in [1.807, 2.05) is 6.92 Å². The maximum Gasteiger partial charge on any atom is 0.275 e. The van der Waals surface area contributed by atoms with Crippen LogP contribution in [-0.4, -0.2) is 27.7 Å². The van der Waals surface area contributed by atoms with Gasteiger partial charge in [-0.15, -0.1) is 0 Å². The lowest BCUT2D eigenvalue weighted by molar-refractivity contribution is 0.0974. The van der Waals surface area contributed by atoms with Crippen LogP contribution in [0.4, 0.5) is 10.1 Å². The molecule has 0 spiro atoms. The number of anilines is 1. The third-order valence-corrected chi connectivity index (χ3v) is 5.06. The Hall–Kier alpha value is -2.94. The molecular formula is C18H18FN5O2S. The molecule has 1 aromatic carbocycles. The summed E-state index contributed by atoms with van der Waals surface area (Å²) in [7, 11) is 0. The second-order valence-electron chi connectivity index (χ2n) is 6.27. The summed E-state index contributed by atoms with van der Waals surface area (Å²) >= 11 is 1.45. The highest BCUT2D eigenvalue weighted by Gasteiger charge is 2.30. The molecule has 0 saturated carbocycles. The fraction of sp³-hybridized carbons (Fsp3) is 0.222. The van der Waals surface area contributed by atoms with Crippen LogP contribution in [0.1, 0.15) is 39.8 Å². The summed E-state index contributed by atoms with van der Waals surface area (Å²) in [5, 5.41) is 3.01. The normalized spacial score (nSPS) is 19.3. The van der Waals surface area contributed by atoms with Gasteiger partial charge in [0.05, 0.1) is 11.1 Å². The van der Waals surface area contributed by atoms with E-state index in [9.17, 15) is 14.0 Å². The number of thioether (sulfide) groups is 1. The number of amidine groups is 1. The first-order chi connectivity index (χ1) is 12.8. The van der Waals surface area contributed by atoms with Crippen molar-refractivity contribution < 1.29 is 14.0 Å². The minimum Gasteiger partial charge on any atom is -0.379 e. The highest BCUT2D eigenvalue weighted by atomic mass is 32.2. The number of amides is 2. The smallest absolute Gasteiger partial charge is 0.275 e. The predicted octanol–water partition coefficient (Wildman–Crippen LogP) is 2.24. The number of carbonyl (C=O) groups excluding carboxylic acids is 2. The Balaban J connectivity index is 1.93. The molecular weight excluding hydrogens is 369 g/mol. The SMILES string of the molecule is CC1(c2cc(F)cc(NC(=O)c3ncccc3C(N)=O)c2)CCSC(N)=N1. The van der Waals surface area contributed by atoms with E-state index in [0.717, 1.165) is 5.75 Å². The van der Waals surface area contributed by atoms with E-state index < -0.39 is 23.2 Å². The first kappa shape index (κ1) is 18.8. The first-order valence-electron chi connectivity index (χ1n) is 8.14. The van der Waals surface area contributed by atoms with Gasteiger partial charge in [0, 0.05) is 17.6 Å². The van der Waals surface area contributed by atoms with Crippen molar-refractivity contribution in [2.75, 3.05) is 11.1 Å². The van der Waals surface area contributed by atoms with Crippen molar-refractivity contribution >= 4 is 34.4 Å². The van der Waals surface area contributed by atoms with Gasteiger partial charge < -0.3 is 16.8 Å². The predicted molar refractivity (Wildman–Crippen MR) is 103 cm³/mol. The molecule has 27 heavy (non-hydrogen) atoms. The number of nitrogens with one attached hydrogen (secondary N) is 1. The highest BCUT2D eigenvalue weighted by Crippen LogP contribution is 2.36. The van der Waals surface area contributed by atoms with E-state index in [1.54, 1.807) is 6.07 Å². The first-order valence-corrected chi connectivity index (χ1v) is 9.12. The second kappa shape index (κ2) is 7.36. The molecule has 0 bridgehead atoms. The molecule has 2 amide bonds. The van der Waals surface area contributed by atoms with Crippen molar-refractivity contribution in [2.45, 2.75) is 18.9 Å². The number of nitrogens with zero attached hydrogens (tertiary/aromatic N) is 2. The van der Waals surface area contributed by atoms with Crippen LogP contribution in [0.5, 0.6) is 0 Å². The zero-order valence-corrected chi connectivity index (χ0v) is 15.3. The Bertz CT molecular complexity index is 949. The number of primary amides is 1. The molecule has 0 aliphatic carbocycles. The largest absolute Gasteiger partial charge is 0.379 e. The number of carbonyl (C=O) groups is 2. The lowest BCUT2D eigenvalue weighted by Crippen LogP contribution is -2.29. The van der Waals surface area contributed by atoms with Gasteiger partial charge in [0.1, 0.15) is 11.5 Å². The number of nitrogens with two attached hydrogens (primary N) is 2. The zero-order chi connectivity index (χ0) is 19.6. The monoisotopic (exact) mass is 387 g/mol. The molecule has 0 fully saturated rings. The van der Waals surface area contributed by atoms with Crippen molar-refractivity contribution in [2.24, 2.45) is 16.5 Å². The van der Waals surface area contributed by atoms with Gasteiger partial charge in [-0.2, -0.15) is 0 Å². The van der Waals surface area contributed by atoms with Crippen LogP contribution in [0, 0.1) is 5.82 Å². The Morgan fingerprint density at radius 1 is 1.33 bits per heavy atom. The molecule has 1 atom stereocenters. The van der Waals surface area contributed by atoms with Crippen LogP contribution in [0.15, 0.2) is 41.5 Å². The van der Waals surface area contributed by atoms with E-state index in [4.69, 9.17) is 11.5 Å². The number of aliphatic imine (C=N–C) groups is 1. The Kier molecular flexibility index (Phi) is 5.13. The van der Waals surface area contributed by atoms with Crippen LogP contribution in [0.2, 0.25) is 0 Å². The van der Waals surface area contributed by atoms with Crippen molar-refractivity contribution in [1.29, 1.82) is 0 Å². The van der Waals surface area contributed by atoms with E-state index >= 15 is 0 Å². The van der Waals surface area contributed by atoms with E-state index in [-0.39, 0.29) is 16.9 Å². The fourth-order valence-corrected chi connectivity index (χ4v) is 3.82. The van der Waals surface area contributed by atoms with E-state index in [2.05, 4.69) is 15.3 Å². The molecule has 3 rings (SSSR count). The van der Waals surface area contributed by atoms with Gasteiger partial charge in [0.15, 0.2) is 5.17 Å². The molecule has 1 aliphatic heterocycles. The number of pyridine rings is 1. The number of hydrogen-bond acceptors (Lipinski definition) is 6. The Labute approximate surface area is 159 Å². The van der Waals surface area contributed by atoms with Crippen molar-refractivity contribution in [3.05, 3.63) is 59.2 Å². The summed E-state index contributed by atoms with van der Waals surface area (Å²) in [6, 6.07) is 7.10. The van der Waals surface area contributed by atoms with Crippen molar-refractivity contribution in [1.82, 2.24) is 4.98 Å². The van der Waals surface area contributed by atoms with Gasteiger partial charge in [-0.3, -0.25) is 19.6 Å². The summed E-state index contributed by atoms with van der Waals surface area (Å²) in [4.78, 5) is 32.3. The Morgan fingerprint density at radius 3 is 2.81 bits per heavy atom. The molecule has 7 nitrogen and oxygen atoms in total. The van der Waals surface area contributed by atoms with E-state index in [0.29, 0.717) is 17.2 Å². The molecule has 5 N–H and O–H groups in total. The standard InChI is InChI=1S/C18H18FN5O2S/c1-18(4-6-27-17(21)24-18)10-7-11(19)9-12(8-10)23-16(26)14-13(15(20)25)3-2-5-22-14/h2-3,5,7-9H,4,6H2,1H3,(H2,20,25)(H2,21,24)(H,23,26). The number of hydrogen-bond donors (Lipinski definition) is 3. The number of halogens is 1. The van der Waals surface area contributed by atoms with Crippen LogP contribution in [0.25, 0.3) is 0 Å². The molecule has 0 radical (unpaired) electrons. The number of aromatic nitrogens is 1. The quantitative estimate of drug-likeness (QED) is 0.742. The minimum absolute atomic E-state index is 0.0136. The summed E-state index contributed by atoms with van der Waals surface area (Å²) in [5.41, 5.74) is 11.1. The molecule has 2 heterocycles. The van der Waals surface area contributed by atoms with Crippen molar-refractivity contribution in [3.8, 4) is 0 Å². The minimum atomic E-state index is -0.773. The van der Waals surface area contributed by atoms with E-state index in [1.165, 1.54) is 42.2 Å². The van der Waals surface area contributed by atoms with Crippen LogP contribution >= 0.6 is 11.8 Å². The number of benzene rings is 1. The third-order valence-electron chi connectivity index (χ3n) is 4.26. The summed E-state index contributed by atoms with van der Waals surface area (Å²) in [6.07, 6.45) is 2.05. The van der Waals surface area contributed by atoms with Crippen LogP contribution < -0.4 is 16.8 Å². The molecule has 1 aromatic heterocycles. The zero-order valence-electron chi connectivity index (χ0n) is 14.5. The van der Waals surface area contributed by atoms with Crippen LogP contribution in [0.3, 0.4) is 0 Å². The van der Waals surface area contributed by atoms with Gasteiger partial charge in [0.2, 0.25) is 0 Å². The summed E-state index contributed by atoms with van der Waals surface area (Å²) in [5.74, 6) is -1.19. The van der Waals surface area contributed by atoms with Gasteiger partial charge >= 0.3 is 0 Å². The lowest BCUT2D eigenvalue weighted by Gasteiger charge is -2.30. The maximum absolute atomic E-state index is 14.2. The van der Waals surface area contributed by atoms with Crippen LogP contribution in [-0.2, 0) is 5.54 Å². The number of rotatable bonds is 4. The molecule has 1 aliphatic rings. The maximum atomic E-state index is 14.2. The topological polar surface area (TPSA) is 123 Å². The summed E-state index contributed by atoms with van der Waals surface area (Å²) in [6.45, 7) is 1.86. The molecule has 140 valence electrons. The van der Waals surface area contributed by atoms with Gasteiger partial charge in [0.25, 0.3) is 11.8 Å². The summed E-state index contributed by atoms with van der Waals surface area (Å²) < 4.78 is 14.2. The highest BCUT2D eigenvalue weighted by molar-refractivity contribution is 8.13. The average Bonchev–Trinajstić information content (AvgIpc) is 2.61. The Morgan fingerprint density at radius 2 is 2.11 bits per heavy atom. The molecule has 2 aromatic rings.